The standard InChI is InChI=1S/C15H31N3/c1-4-17-8-10-18(11-9-17)13-15(2,3)14-6-5-7-16-12-14/h14,16H,4-13H2,1-3H3. The van der Waals surface area contributed by atoms with Crippen LogP contribution in [-0.2, 0) is 0 Å². The maximum absolute atomic E-state index is 3.57. The van der Waals surface area contributed by atoms with E-state index in [1.54, 1.807) is 0 Å². The molecule has 0 spiro atoms. The van der Waals surface area contributed by atoms with Gasteiger partial charge in [-0.05, 0) is 43.8 Å². The van der Waals surface area contributed by atoms with Gasteiger partial charge < -0.3 is 15.1 Å². The molecule has 0 aromatic rings. The minimum Gasteiger partial charge on any atom is -0.316 e. The molecule has 18 heavy (non-hydrogen) atoms. The summed E-state index contributed by atoms with van der Waals surface area (Å²) in [4.78, 5) is 5.24. The number of nitrogens with zero attached hydrogens (tertiary/aromatic N) is 2. The number of rotatable bonds is 4. The van der Waals surface area contributed by atoms with E-state index < -0.39 is 0 Å². The minimum atomic E-state index is 0.460. The van der Waals surface area contributed by atoms with Crippen molar-refractivity contribution in [3.05, 3.63) is 0 Å². The highest BCUT2D eigenvalue weighted by Crippen LogP contribution is 2.32. The summed E-state index contributed by atoms with van der Waals surface area (Å²) in [6, 6.07) is 0. The fourth-order valence-corrected chi connectivity index (χ4v) is 3.49. The first kappa shape index (κ1) is 14.3. The number of hydrogen-bond donors (Lipinski definition) is 1. The molecule has 2 saturated heterocycles. The van der Waals surface area contributed by atoms with Crippen LogP contribution in [0.3, 0.4) is 0 Å². The van der Waals surface area contributed by atoms with Gasteiger partial charge in [0.2, 0.25) is 0 Å². The molecule has 1 atom stereocenters. The first-order chi connectivity index (χ1) is 8.62. The maximum atomic E-state index is 3.57. The van der Waals surface area contributed by atoms with Crippen molar-refractivity contribution in [1.82, 2.24) is 15.1 Å². The number of nitrogens with one attached hydrogen (secondary N) is 1. The highest BCUT2D eigenvalue weighted by Gasteiger charge is 2.32. The number of piperidine rings is 1. The monoisotopic (exact) mass is 253 g/mol. The van der Waals surface area contributed by atoms with Crippen molar-refractivity contribution in [1.29, 1.82) is 0 Å². The Morgan fingerprint density at radius 3 is 2.33 bits per heavy atom. The van der Waals surface area contributed by atoms with Crippen molar-refractivity contribution in [2.45, 2.75) is 33.6 Å². The van der Waals surface area contributed by atoms with E-state index in [0.29, 0.717) is 5.41 Å². The van der Waals surface area contributed by atoms with E-state index in [1.807, 2.05) is 0 Å². The molecule has 0 bridgehead atoms. The molecule has 1 N–H and O–H groups in total. The summed E-state index contributed by atoms with van der Waals surface area (Å²) in [7, 11) is 0. The van der Waals surface area contributed by atoms with Crippen molar-refractivity contribution < 1.29 is 0 Å². The van der Waals surface area contributed by atoms with Gasteiger partial charge in [0.15, 0.2) is 0 Å². The van der Waals surface area contributed by atoms with E-state index in [4.69, 9.17) is 0 Å². The van der Waals surface area contributed by atoms with Crippen molar-refractivity contribution in [3.8, 4) is 0 Å². The van der Waals surface area contributed by atoms with Gasteiger partial charge in [-0.3, -0.25) is 0 Å². The fourth-order valence-electron chi connectivity index (χ4n) is 3.49. The highest BCUT2D eigenvalue weighted by molar-refractivity contribution is 4.86. The van der Waals surface area contributed by atoms with Crippen LogP contribution in [-0.4, -0.2) is 62.2 Å². The molecule has 0 aliphatic carbocycles. The van der Waals surface area contributed by atoms with Gasteiger partial charge in [0.1, 0.15) is 0 Å². The maximum Gasteiger partial charge on any atom is 0.0110 e. The number of piperazine rings is 1. The number of hydrogen-bond acceptors (Lipinski definition) is 3. The quantitative estimate of drug-likeness (QED) is 0.822. The molecule has 3 heteroatoms. The molecule has 0 radical (unpaired) electrons. The van der Waals surface area contributed by atoms with Gasteiger partial charge in [-0.2, -0.15) is 0 Å². The predicted molar refractivity (Wildman–Crippen MR) is 77.9 cm³/mol. The third kappa shape index (κ3) is 3.69. The predicted octanol–water partition coefficient (Wildman–Crippen LogP) is 1.65. The summed E-state index contributed by atoms with van der Waals surface area (Å²) in [5.41, 5.74) is 0.460. The zero-order chi connectivity index (χ0) is 13.0. The second-order valence-electron chi connectivity index (χ2n) is 6.74. The summed E-state index contributed by atoms with van der Waals surface area (Å²) < 4.78 is 0. The molecular weight excluding hydrogens is 222 g/mol. The molecule has 0 amide bonds. The Morgan fingerprint density at radius 2 is 1.78 bits per heavy atom. The summed E-state index contributed by atoms with van der Waals surface area (Å²) >= 11 is 0. The molecule has 1 unspecified atom stereocenters. The Hall–Kier alpha value is -0.120. The zero-order valence-corrected chi connectivity index (χ0v) is 12.5. The lowest BCUT2D eigenvalue weighted by Crippen LogP contribution is -2.51. The van der Waals surface area contributed by atoms with Crippen LogP contribution in [0, 0.1) is 11.3 Å². The van der Waals surface area contributed by atoms with Crippen molar-refractivity contribution in [2.75, 3.05) is 52.4 Å². The molecule has 2 fully saturated rings. The lowest BCUT2D eigenvalue weighted by Gasteiger charge is -2.43. The van der Waals surface area contributed by atoms with Crippen LogP contribution in [0.2, 0.25) is 0 Å². The molecule has 2 rings (SSSR count). The minimum absolute atomic E-state index is 0.460. The van der Waals surface area contributed by atoms with E-state index in [-0.39, 0.29) is 0 Å². The van der Waals surface area contributed by atoms with Gasteiger partial charge in [-0.15, -0.1) is 0 Å². The summed E-state index contributed by atoms with van der Waals surface area (Å²) in [6.45, 7) is 17.2. The lowest BCUT2D eigenvalue weighted by molar-refractivity contribution is 0.0636. The van der Waals surface area contributed by atoms with E-state index in [2.05, 4.69) is 35.9 Å². The highest BCUT2D eigenvalue weighted by atomic mass is 15.3. The van der Waals surface area contributed by atoms with Crippen molar-refractivity contribution in [2.24, 2.45) is 11.3 Å². The Morgan fingerprint density at radius 1 is 1.11 bits per heavy atom. The SMILES string of the molecule is CCN1CCN(CC(C)(C)C2CCCNC2)CC1. The fraction of sp³-hybridized carbons (Fsp3) is 1.00. The Balaban J connectivity index is 1.80. The van der Waals surface area contributed by atoms with Crippen LogP contribution in [0.15, 0.2) is 0 Å². The van der Waals surface area contributed by atoms with Crippen molar-refractivity contribution in [3.63, 3.8) is 0 Å². The van der Waals surface area contributed by atoms with Gasteiger partial charge in [0.25, 0.3) is 0 Å². The molecular formula is C15H31N3. The largest absolute Gasteiger partial charge is 0.316 e. The van der Waals surface area contributed by atoms with Gasteiger partial charge in [0.05, 0.1) is 0 Å². The summed E-state index contributed by atoms with van der Waals surface area (Å²) in [5.74, 6) is 0.857. The Kier molecular flexibility index (Phi) is 5.05. The van der Waals surface area contributed by atoms with E-state index in [0.717, 1.165) is 5.92 Å². The van der Waals surface area contributed by atoms with Crippen LogP contribution >= 0.6 is 0 Å². The van der Waals surface area contributed by atoms with Crippen LogP contribution in [0.5, 0.6) is 0 Å². The molecule has 106 valence electrons. The molecule has 3 nitrogen and oxygen atoms in total. The third-order valence-electron chi connectivity index (χ3n) is 4.95. The molecule has 0 saturated carbocycles. The van der Waals surface area contributed by atoms with E-state index in [1.165, 1.54) is 65.2 Å². The smallest absolute Gasteiger partial charge is 0.0110 e. The Labute approximate surface area is 113 Å². The topological polar surface area (TPSA) is 18.5 Å². The lowest BCUT2D eigenvalue weighted by atomic mass is 9.74. The van der Waals surface area contributed by atoms with E-state index in [9.17, 15) is 0 Å². The zero-order valence-electron chi connectivity index (χ0n) is 12.5. The molecule has 2 aliphatic rings. The van der Waals surface area contributed by atoms with Gasteiger partial charge in [-0.25, -0.2) is 0 Å². The van der Waals surface area contributed by atoms with Crippen LogP contribution in [0.4, 0.5) is 0 Å². The normalized spacial score (nSPS) is 28.5. The van der Waals surface area contributed by atoms with Gasteiger partial charge in [-0.1, -0.05) is 20.8 Å². The number of likely N-dealkylation sites (N-methyl/N-ethyl adjacent to an activating group) is 1. The molecule has 0 aromatic carbocycles. The first-order valence-electron chi connectivity index (χ1n) is 7.77. The van der Waals surface area contributed by atoms with Crippen LogP contribution < -0.4 is 5.32 Å². The second-order valence-corrected chi connectivity index (χ2v) is 6.74. The second kappa shape index (κ2) is 6.36. The van der Waals surface area contributed by atoms with Gasteiger partial charge in [0, 0.05) is 32.7 Å². The average Bonchev–Trinajstić information content (AvgIpc) is 2.40. The third-order valence-corrected chi connectivity index (χ3v) is 4.95. The van der Waals surface area contributed by atoms with Crippen LogP contribution in [0.1, 0.15) is 33.6 Å². The molecule has 0 aromatic heterocycles. The van der Waals surface area contributed by atoms with Crippen LogP contribution in [0.25, 0.3) is 0 Å². The molecule has 2 aliphatic heterocycles. The summed E-state index contributed by atoms with van der Waals surface area (Å²) in [6.07, 6.45) is 2.77. The van der Waals surface area contributed by atoms with Crippen molar-refractivity contribution >= 4 is 0 Å². The van der Waals surface area contributed by atoms with E-state index >= 15 is 0 Å². The first-order valence-corrected chi connectivity index (χ1v) is 7.77. The Bertz CT molecular complexity index is 238. The summed E-state index contributed by atoms with van der Waals surface area (Å²) in [5, 5.41) is 3.57. The molecule has 2 heterocycles. The van der Waals surface area contributed by atoms with Gasteiger partial charge >= 0.3 is 0 Å². The average molecular weight is 253 g/mol.